The molecule has 5 heterocycles. The van der Waals surface area contributed by atoms with Gasteiger partial charge in [-0.1, -0.05) is 55.8 Å². The van der Waals surface area contributed by atoms with Crippen molar-refractivity contribution in [3.63, 3.8) is 0 Å². The number of hydrogen-bond donors (Lipinski definition) is 4. The Morgan fingerprint density at radius 3 is 2.58 bits per heavy atom. The molecular weight excluding hydrogens is 777 g/mol. The molecule has 0 radical (unpaired) electrons. The summed E-state index contributed by atoms with van der Waals surface area (Å²) in [6.45, 7) is 12.2. The van der Waals surface area contributed by atoms with Gasteiger partial charge in [-0.25, -0.2) is 14.6 Å². The lowest BCUT2D eigenvalue weighted by Crippen LogP contribution is -2.69. The normalized spacial score (nSPS) is 18.7. The van der Waals surface area contributed by atoms with Gasteiger partial charge < -0.3 is 31.3 Å². The number of nitrogen functional groups attached to an aromatic ring is 1. The minimum absolute atomic E-state index is 0.238. The van der Waals surface area contributed by atoms with Gasteiger partial charge in [0.15, 0.2) is 17.6 Å². The monoisotopic (exact) mass is 827 g/mol. The molecule has 4 aliphatic rings. The summed E-state index contributed by atoms with van der Waals surface area (Å²) >= 11 is 2.80. The predicted octanol–water partition coefficient (Wildman–Crippen LogP) is 3.94. The molecule has 6 N–H and O–H groups in total. The van der Waals surface area contributed by atoms with Gasteiger partial charge in [-0.15, -0.1) is 28.2 Å². The molecule has 0 spiro atoms. The molecule has 2 atom stereocenters. The summed E-state index contributed by atoms with van der Waals surface area (Å²) in [5.41, 5.74) is 9.31. The summed E-state index contributed by atoms with van der Waals surface area (Å²) in [7, 11) is 1.23. The van der Waals surface area contributed by atoms with Crippen LogP contribution in [-0.4, -0.2) is 115 Å². The molecule has 19 heteroatoms. The number of nitrogens with one attached hydrogen (secondary N) is 2. The second kappa shape index (κ2) is 20.8. The lowest BCUT2D eigenvalue weighted by atomic mass is 10.0. The van der Waals surface area contributed by atoms with Gasteiger partial charge in [0.25, 0.3) is 5.91 Å². The van der Waals surface area contributed by atoms with Crippen molar-refractivity contribution in [3.05, 3.63) is 81.8 Å². The van der Waals surface area contributed by atoms with E-state index in [0.717, 1.165) is 55.9 Å². The van der Waals surface area contributed by atoms with Crippen LogP contribution in [0.15, 0.2) is 70.1 Å². The molecule has 2 saturated heterocycles. The maximum absolute atomic E-state index is 12.0. The number of benzene rings is 1. The lowest BCUT2D eigenvalue weighted by Gasteiger charge is -2.49. The highest BCUT2D eigenvalue weighted by atomic mass is 32.2. The number of aromatic nitrogens is 1. The minimum atomic E-state index is -1.36. The number of allylic oxidation sites excluding steroid dienone is 2. The molecule has 2 fully saturated rings. The van der Waals surface area contributed by atoms with Gasteiger partial charge in [-0.2, -0.15) is 4.89 Å². The number of nitrogens with two attached hydrogens (primary N) is 1. The van der Waals surface area contributed by atoms with Crippen molar-refractivity contribution in [1.82, 2.24) is 25.2 Å². The number of anilines is 1. The Balaban J connectivity index is 0.000000192. The van der Waals surface area contributed by atoms with Crippen LogP contribution < -0.4 is 11.1 Å². The molecule has 17 nitrogen and oxygen atoms in total. The molecule has 1 aromatic carbocycles. The molecule has 1 aromatic heterocycles. The smallest absolute Gasteiger partial charge is 0.389 e. The zero-order valence-electron chi connectivity index (χ0n) is 32.9. The SMILES string of the molecule is C/C(=N\OC(C)(C)C(=O)O)c1csc(N)n1.CCC1=C(C(=O)OOC)N2C(=O)[C@@H](NC=O)[C@H]2SC1.CCCC(=N)c1ccc(CN2CCN3[OH+]CC=CC=C23)cc1. The topological polar surface area (TPSA) is 226 Å². The average Bonchev–Trinajstić information content (AvgIpc) is 3.72. The Hall–Kier alpha value is -5.24. The Bertz CT molecular complexity index is 1890. The average molecular weight is 828 g/mol. The van der Waals surface area contributed by atoms with Gasteiger partial charge in [0.2, 0.25) is 12.0 Å². The Labute approximate surface area is 339 Å². The van der Waals surface area contributed by atoms with Crippen molar-refractivity contribution in [2.24, 2.45) is 5.16 Å². The van der Waals surface area contributed by atoms with Gasteiger partial charge in [0.05, 0.1) is 7.11 Å². The van der Waals surface area contributed by atoms with Gasteiger partial charge in [0, 0.05) is 29.9 Å². The van der Waals surface area contributed by atoms with E-state index in [1.165, 1.54) is 60.3 Å². The number of aliphatic carboxylic acids is 1. The first-order valence-corrected chi connectivity index (χ1v) is 20.2. The number of oxime groups is 1. The standard InChI is InChI=1S/C18H23N3O.C11H14N2O5S.C9H13N3O3S/c1-2-5-17(19)16-9-7-15(8-10-16)14-20-11-12-21-18(20)6-3-4-13-22-21;1-3-6-4-19-10-7(12-5-14)9(15)13(10)8(6)11(16)18-17-2;1-5(6-4-16-8(10)11-6)12-15-9(2,3)7(13)14/h3-4,6-10,19H,2,5,11-14H2,1H3;5,7,10H,3-4H2,1-2H3,(H,12,14);4H,1-3H3,(H2,10,11)(H,13,14)/p+1/b;;12-5+/t;7-,10-;/m.1./s1. The van der Waals surface area contributed by atoms with Gasteiger partial charge in [-0.05, 0) is 62.5 Å². The van der Waals surface area contributed by atoms with Crippen LogP contribution in [0, 0.1) is 5.41 Å². The highest BCUT2D eigenvalue weighted by Gasteiger charge is 2.53. The van der Waals surface area contributed by atoms with Gasteiger partial charge in [0.1, 0.15) is 35.1 Å². The number of thiazole rings is 1. The summed E-state index contributed by atoms with van der Waals surface area (Å²) in [4.78, 5) is 71.1. The van der Waals surface area contributed by atoms with Crippen LogP contribution in [0.4, 0.5) is 5.13 Å². The third-order valence-electron chi connectivity index (χ3n) is 8.98. The molecule has 4 aliphatic heterocycles. The largest absolute Gasteiger partial charge is 0.478 e. The molecule has 6 rings (SSSR count). The number of hydroxylamine groups is 2. The number of nitrogens with zero attached hydrogens (tertiary/aromatic N) is 5. The highest BCUT2D eigenvalue weighted by Crippen LogP contribution is 2.41. The number of carbonyl (C=O) groups is 4. The van der Waals surface area contributed by atoms with E-state index in [1.54, 1.807) is 12.3 Å². The van der Waals surface area contributed by atoms with Crippen molar-refractivity contribution in [2.45, 2.75) is 77.4 Å². The number of aliphatic hydroxyl groups is 1. The second-order valence-corrected chi connectivity index (χ2v) is 15.4. The maximum Gasteiger partial charge on any atom is 0.389 e. The summed E-state index contributed by atoms with van der Waals surface area (Å²) in [5, 5.41) is 27.0. The van der Waals surface area contributed by atoms with Crippen LogP contribution in [0.25, 0.3) is 0 Å². The fourth-order valence-corrected chi connectivity index (χ4v) is 7.83. The first-order valence-electron chi connectivity index (χ1n) is 18.3. The zero-order valence-corrected chi connectivity index (χ0v) is 34.5. The quantitative estimate of drug-likeness (QED) is 0.0530. The molecular formula is C38H51N8O9S2+. The van der Waals surface area contributed by atoms with Crippen molar-refractivity contribution in [1.29, 1.82) is 5.41 Å². The number of carbonyl (C=O) groups excluding carboxylic acids is 3. The Morgan fingerprint density at radius 1 is 1.23 bits per heavy atom. The molecule has 0 bridgehead atoms. The number of carboxylic acids is 1. The number of rotatable bonds is 14. The minimum Gasteiger partial charge on any atom is -0.478 e. The van der Waals surface area contributed by atoms with Crippen LogP contribution in [-0.2, 0) is 40.3 Å². The Morgan fingerprint density at radius 2 is 1.96 bits per heavy atom. The first-order chi connectivity index (χ1) is 27.3. The zero-order chi connectivity index (χ0) is 41.7. The second-order valence-electron chi connectivity index (χ2n) is 13.4. The number of fused-ring (bicyclic) bond motifs is 2. The summed E-state index contributed by atoms with van der Waals surface area (Å²) < 4.78 is 0. The highest BCUT2D eigenvalue weighted by molar-refractivity contribution is 8.00. The maximum atomic E-state index is 12.0. The van der Waals surface area contributed by atoms with Crippen molar-refractivity contribution in [2.75, 3.05) is 38.3 Å². The number of amides is 2. The van der Waals surface area contributed by atoms with E-state index in [-0.39, 0.29) is 17.0 Å². The number of carboxylic acid groups (broad SMARTS) is 1. The number of hydrogen-bond acceptors (Lipinski definition) is 15. The van der Waals surface area contributed by atoms with E-state index in [0.29, 0.717) is 35.1 Å². The van der Waals surface area contributed by atoms with E-state index in [9.17, 15) is 19.2 Å². The number of thioether (sulfide) groups is 1. The molecule has 0 unspecified atom stereocenters. The first kappa shape index (κ1) is 44.5. The van der Waals surface area contributed by atoms with E-state index in [1.807, 2.05) is 6.92 Å². The predicted molar refractivity (Wildman–Crippen MR) is 218 cm³/mol. The van der Waals surface area contributed by atoms with Crippen LogP contribution in [0.5, 0.6) is 0 Å². The van der Waals surface area contributed by atoms with Crippen LogP contribution in [0.1, 0.15) is 70.7 Å². The lowest BCUT2D eigenvalue weighted by molar-refractivity contribution is -0.252. The third-order valence-corrected chi connectivity index (χ3v) is 11.0. The molecule has 0 saturated carbocycles. The fraction of sp³-hybridized carbons (Fsp3) is 0.447. The molecule has 2 amide bonds. The molecule has 57 heavy (non-hydrogen) atoms. The van der Waals surface area contributed by atoms with Crippen molar-refractivity contribution >= 4 is 63.9 Å². The van der Waals surface area contributed by atoms with E-state index in [2.05, 4.69) is 89.4 Å². The van der Waals surface area contributed by atoms with Crippen LogP contribution in [0.3, 0.4) is 0 Å². The third kappa shape index (κ3) is 11.4. The van der Waals surface area contributed by atoms with Gasteiger partial charge >= 0.3 is 11.9 Å². The molecule has 2 aromatic rings. The van der Waals surface area contributed by atoms with Crippen LogP contribution >= 0.6 is 23.1 Å². The van der Waals surface area contributed by atoms with E-state index >= 15 is 0 Å². The summed E-state index contributed by atoms with van der Waals surface area (Å²) in [5.74, 6) is -0.255. The molecule has 308 valence electrons. The van der Waals surface area contributed by atoms with E-state index in [4.69, 9.17) is 21.1 Å². The fourth-order valence-electron chi connectivity index (χ4n) is 5.76. The summed E-state index contributed by atoms with van der Waals surface area (Å²) in [6, 6.07) is 7.87. The number of β-lactam (4-membered cyclic amide) rings is 1. The van der Waals surface area contributed by atoms with Gasteiger partial charge in [-0.3, -0.25) is 24.2 Å². The summed E-state index contributed by atoms with van der Waals surface area (Å²) in [6.07, 6.45) is 9.32. The Kier molecular flexibility index (Phi) is 16.2. The van der Waals surface area contributed by atoms with Crippen molar-refractivity contribution in [3.8, 4) is 0 Å². The van der Waals surface area contributed by atoms with E-state index < -0.39 is 23.6 Å². The van der Waals surface area contributed by atoms with Crippen molar-refractivity contribution < 1.29 is 43.7 Å². The molecule has 0 aliphatic carbocycles. The van der Waals surface area contributed by atoms with Crippen LogP contribution in [0.2, 0.25) is 0 Å².